The minimum Gasteiger partial charge on any atom is -0.461 e. The molecule has 1 aromatic heterocycles. The smallest absolute Gasteiger partial charge is 0.135 e. The molecule has 1 fully saturated rings. The van der Waals surface area contributed by atoms with Crippen molar-refractivity contribution in [3.05, 3.63) is 22.6 Å². The summed E-state index contributed by atoms with van der Waals surface area (Å²) < 4.78 is 5.51. The van der Waals surface area contributed by atoms with E-state index in [-0.39, 0.29) is 6.54 Å². The summed E-state index contributed by atoms with van der Waals surface area (Å²) in [5.41, 5.74) is 5.33. The van der Waals surface area contributed by atoms with E-state index in [4.69, 9.17) is 21.8 Å². The van der Waals surface area contributed by atoms with Crippen molar-refractivity contribution < 1.29 is 9.52 Å². The molecule has 1 heterocycles. The van der Waals surface area contributed by atoms with Gasteiger partial charge < -0.3 is 15.3 Å². The number of hydrogen-bond donors (Lipinski definition) is 2. The van der Waals surface area contributed by atoms with Gasteiger partial charge in [0.15, 0.2) is 0 Å². The molecule has 0 amide bonds. The summed E-state index contributed by atoms with van der Waals surface area (Å²) in [7, 11) is 0. The highest BCUT2D eigenvalue weighted by molar-refractivity contribution is 6.31. The Kier molecular flexibility index (Phi) is 2.81. The highest BCUT2D eigenvalue weighted by Crippen LogP contribution is 2.41. The molecule has 4 heteroatoms. The zero-order chi connectivity index (χ0) is 10.1. The van der Waals surface area contributed by atoms with Gasteiger partial charge >= 0.3 is 0 Å². The number of hydrogen-bond acceptors (Lipinski definition) is 3. The van der Waals surface area contributed by atoms with Gasteiger partial charge in [-0.25, -0.2) is 0 Å². The van der Waals surface area contributed by atoms with Crippen molar-refractivity contribution in [3.63, 3.8) is 0 Å². The van der Waals surface area contributed by atoms with Crippen molar-refractivity contribution in [1.29, 1.82) is 0 Å². The molecule has 2 rings (SSSR count). The molecular formula is C10H14ClNO2. The number of aliphatic hydroxyl groups is 1. The molecule has 0 aliphatic heterocycles. The quantitative estimate of drug-likeness (QED) is 0.813. The lowest BCUT2D eigenvalue weighted by atomic mass is 9.84. The minimum atomic E-state index is -0.735. The first-order valence-corrected chi connectivity index (χ1v) is 5.27. The Morgan fingerprint density at radius 2 is 2.36 bits per heavy atom. The molecule has 1 atom stereocenters. The molecule has 0 aromatic carbocycles. The van der Waals surface area contributed by atoms with E-state index in [0.717, 1.165) is 18.6 Å². The molecule has 1 aliphatic carbocycles. The Morgan fingerprint density at radius 1 is 1.64 bits per heavy atom. The minimum absolute atomic E-state index is 0.161. The van der Waals surface area contributed by atoms with E-state index in [1.54, 1.807) is 6.07 Å². The molecule has 0 bridgehead atoms. The lowest BCUT2D eigenvalue weighted by molar-refractivity contribution is 0.153. The average Bonchev–Trinajstić information content (AvgIpc) is 2.44. The first-order valence-electron chi connectivity index (χ1n) is 4.89. The van der Waals surface area contributed by atoms with E-state index in [9.17, 15) is 5.11 Å². The van der Waals surface area contributed by atoms with Gasteiger partial charge in [-0.05, 0) is 12.8 Å². The lowest BCUT2D eigenvalue weighted by Gasteiger charge is -2.23. The maximum Gasteiger partial charge on any atom is 0.135 e. The van der Waals surface area contributed by atoms with Crippen LogP contribution >= 0.6 is 11.6 Å². The molecule has 3 N–H and O–H groups in total. The van der Waals surface area contributed by atoms with Gasteiger partial charge in [-0.2, -0.15) is 0 Å². The summed E-state index contributed by atoms with van der Waals surface area (Å²) in [6, 6.07) is 1.67. The van der Waals surface area contributed by atoms with E-state index in [1.165, 1.54) is 6.42 Å². The number of rotatable bonds is 3. The second-order valence-electron chi connectivity index (χ2n) is 3.74. The molecule has 3 nitrogen and oxygen atoms in total. The molecule has 1 aliphatic rings. The number of halogens is 1. The van der Waals surface area contributed by atoms with Crippen molar-refractivity contribution in [1.82, 2.24) is 0 Å². The fourth-order valence-corrected chi connectivity index (χ4v) is 1.93. The van der Waals surface area contributed by atoms with Crippen LogP contribution in [0, 0.1) is 0 Å². The fourth-order valence-electron chi connectivity index (χ4n) is 1.63. The van der Waals surface area contributed by atoms with Crippen molar-refractivity contribution in [3.8, 4) is 0 Å². The first-order chi connectivity index (χ1) is 6.72. The van der Waals surface area contributed by atoms with Gasteiger partial charge in [0, 0.05) is 18.5 Å². The van der Waals surface area contributed by atoms with Crippen LogP contribution in [0.3, 0.4) is 0 Å². The molecule has 1 aromatic rings. The van der Waals surface area contributed by atoms with Gasteiger partial charge in [0.05, 0.1) is 5.02 Å². The standard InChI is InChI=1S/C10H14ClNO2/c11-7-4-9(8(13)5-12)14-10(7)6-2-1-3-6/h4,6,8,13H,1-3,5,12H2. The number of aliphatic hydroxyl groups excluding tert-OH is 1. The van der Waals surface area contributed by atoms with Gasteiger partial charge in [0.2, 0.25) is 0 Å². The summed E-state index contributed by atoms with van der Waals surface area (Å²) in [6.45, 7) is 0.161. The van der Waals surface area contributed by atoms with Gasteiger partial charge in [0.1, 0.15) is 17.6 Å². The second kappa shape index (κ2) is 3.93. The fraction of sp³-hybridized carbons (Fsp3) is 0.600. The predicted molar refractivity (Wildman–Crippen MR) is 54.3 cm³/mol. The molecule has 1 unspecified atom stereocenters. The summed E-state index contributed by atoms with van der Waals surface area (Å²) in [5.74, 6) is 1.75. The SMILES string of the molecule is NCC(O)c1cc(Cl)c(C2CCC2)o1. The molecular weight excluding hydrogens is 202 g/mol. The topological polar surface area (TPSA) is 59.4 Å². The third-order valence-corrected chi connectivity index (χ3v) is 3.06. The Bertz CT molecular complexity index is 320. The second-order valence-corrected chi connectivity index (χ2v) is 4.15. The van der Waals surface area contributed by atoms with Crippen LogP contribution in [0.5, 0.6) is 0 Å². The summed E-state index contributed by atoms with van der Waals surface area (Å²) in [6.07, 6.45) is 2.76. The molecule has 78 valence electrons. The molecule has 0 saturated heterocycles. The van der Waals surface area contributed by atoms with E-state index in [0.29, 0.717) is 16.7 Å². The Hall–Kier alpha value is -0.510. The molecule has 0 spiro atoms. The third-order valence-electron chi connectivity index (χ3n) is 2.76. The molecule has 1 saturated carbocycles. The Morgan fingerprint density at radius 3 is 2.86 bits per heavy atom. The van der Waals surface area contributed by atoms with Crippen LogP contribution in [0.15, 0.2) is 10.5 Å². The van der Waals surface area contributed by atoms with Crippen LogP contribution in [-0.4, -0.2) is 11.7 Å². The van der Waals surface area contributed by atoms with E-state index in [2.05, 4.69) is 0 Å². The summed E-state index contributed by atoms with van der Waals surface area (Å²) in [5, 5.41) is 10.1. The maximum absolute atomic E-state index is 9.46. The van der Waals surface area contributed by atoms with Gasteiger partial charge in [0.25, 0.3) is 0 Å². The maximum atomic E-state index is 9.46. The molecule has 0 radical (unpaired) electrons. The normalized spacial score (nSPS) is 19.4. The highest BCUT2D eigenvalue weighted by atomic mass is 35.5. The van der Waals surface area contributed by atoms with Crippen LogP contribution in [0.4, 0.5) is 0 Å². The van der Waals surface area contributed by atoms with E-state index in [1.807, 2.05) is 0 Å². The van der Waals surface area contributed by atoms with Crippen LogP contribution in [0.1, 0.15) is 42.8 Å². The van der Waals surface area contributed by atoms with Crippen molar-refractivity contribution in [2.75, 3.05) is 6.54 Å². The third kappa shape index (κ3) is 1.67. The van der Waals surface area contributed by atoms with Gasteiger partial charge in [-0.15, -0.1) is 0 Å². The largest absolute Gasteiger partial charge is 0.461 e. The van der Waals surface area contributed by atoms with Gasteiger partial charge in [-0.3, -0.25) is 0 Å². The van der Waals surface area contributed by atoms with Crippen molar-refractivity contribution in [2.45, 2.75) is 31.3 Å². The van der Waals surface area contributed by atoms with Crippen LogP contribution < -0.4 is 5.73 Å². The summed E-state index contributed by atoms with van der Waals surface area (Å²) >= 11 is 6.01. The summed E-state index contributed by atoms with van der Waals surface area (Å²) in [4.78, 5) is 0. The number of furan rings is 1. The molecule has 14 heavy (non-hydrogen) atoms. The van der Waals surface area contributed by atoms with Gasteiger partial charge in [-0.1, -0.05) is 18.0 Å². The van der Waals surface area contributed by atoms with Crippen LogP contribution in [-0.2, 0) is 0 Å². The highest BCUT2D eigenvalue weighted by Gasteiger charge is 2.26. The monoisotopic (exact) mass is 215 g/mol. The van der Waals surface area contributed by atoms with Crippen LogP contribution in [0.25, 0.3) is 0 Å². The van der Waals surface area contributed by atoms with E-state index >= 15 is 0 Å². The predicted octanol–water partition coefficient (Wildman–Crippen LogP) is 2.19. The van der Waals surface area contributed by atoms with Crippen molar-refractivity contribution in [2.24, 2.45) is 5.73 Å². The average molecular weight is 216 g/mol. The van der Waals surface area contributed by atoms with Crippen molar-refractivity contribution >= 4 is 11.6 Å². The number of nitrogens with two attached hydrogens (primary N) is 1. The lowest BCUT2D eigenvalue weighted by Crippen LogP contribution is -2.11. The van der Waals surface area contributed by atoms with Crippen LogP contribution in [0.2, 0.25) is 5.02 Å². The zero-order valence-corrected chi connectivity index (χ0v) is 8.63. The Balaban J connectivity index is 2.20. The van der Waals surface area contributed by atoms with E-state index < -0.39 is 6.10 Å². The Labute approximate surface area is 87.8 Å². The zero-order valence-electron chi connectivity index (χ0n) is 7.87. The first kappa shape index (κ1) is 10.0.